The van der Waals surface area contributed by atoms with Gasteiger partial charge in [-0.2, -0.15) is 8.42 Å². The van der Waals surface area contributed by atoms with E-state index in [0.29, 0.717) is 0 Å². The van der Waals surface area contributed by atoms with Crippen LogP contribution in [0.25, 0.3) is 0 Å². The Morgan fingerprint density at radius 2 is 1.66 bits per heavy atom. The molecule has 0 saturated carbocycles. The zero-order valence-electron chi connectivity index (χ0n) is 23.7. The molecular formula is C23H40BrN3O8SSi2. The molecule has 1 saturated heterocycles. The third kappa shape index (κ3) is 5.57. The average molecular weight is 655 g/mol. The van der Waals surface area contributed by atoms with Gasteiger partial charge in [0, 0.05) is 6.20 Å². The minimum absolute atomic E-state index is 0.0479. The van der Waals surface area contributed by atoms with Gasteiger partial charge in [0.2, 0.25) is 0 Å². The Hall–Kier alpha value is -1.08. The van der Waals surface area contributed by atoms with Gasteiger partial charge in [0.05, 0.1) is 22.2 Å². The summed E-state index contributed by atoms with van der Waals surface area (Å²) in [5.41, 5.74) is 3.18. The van der Waals surface area contributed by atoms with Crippen LogP contribution in [0, 0.1) is 0 Å². The maximum atomic E-state index is 13.0. The van der Waals surface area contributed by atoms with Crippen LogP contribution in [0.2, 0.25) is 36.3 Å². The van der Waals surface area contributed by atoms with Crippen LogP contribution >= 0.6 is 15.9 Å². The molecule has 0 radical (unpaired) electrons. The van der Waals surface area contributed by atoms with Gasteiger partial charge in [-0.05, 0) is 52.2 Å². The third-order valence-corrected chi connectivity index (χ3v) is 18.8. The summed E-state index contributed by atoms with van der Waals surface area (Å²) in [6.07, 6.45) is -2.08. The lowest BCUT2D eigenvalue weighted by atomic mass is 9.89. The molecular weight excluding hydrogens is 614 g/mol. The van der Waals surface area contributed by atoms with Crippen LogP contribution in [-0.4, -0.2) is 59.0 Å². The largest absolute Gasteiger partial charge is 0.414 e. The molecule has 0 aliphatic carbocycles. The third-order valence-electron chi connectivity index (χ3n) is 8.27. The Morgan fingerprint density at radius 3 is 2.13 bits per heavy atom. The molecule has 1 fully saturated rings. The Bertz CT molecular complexity index is 1340. The Balaban J connectivity index is 2.24. The minimum atomic E-state index is -4.19. The number of rotatable bonds is 6. The summed E-state index contributed by atoms with van der Waals surface area (Å²) in [5, 5.41) is 0.437. The standard InChI is InChI=1S/C23H40BrN3O8SSi2/c1-21(2,3)37(7,8)32-12-16-23(15(25)13-36(30,31)35-23)17(34-38(9,10)22(4,5)6)19(33-16)27-11-14(24)18(28)26-20(27)29/h11,13,16-17,19H,12,25H2,1-10H3,(H,26,28,29)/t16?,17-,19+,23?/m0/s1. The first kappa shape index (κ1) is 31.5. The van der Waals surface area contributed by atoms with Crippen molar-refractivity contribution >= 4 is 42.7 Å². The summed E-state index contributed by atoms with van der Waals surface area (Å²) >= 11 is 3.17. The van der Waals surface area contributed by atoms with E-state index in [9.17, 15) is 18.0 Å². The second kappa shape index (κ2) is 9.78. The second-order valence-corrected chi connectivity index (χ2v) is 24.8. The first-order valence-corrected chi connectivity index (χ1v) is 20.4. The fourth-order valence-corrected chi connectivity index (χ4v) is 7.69. The highest BCUT2D eigenvalue weighted by atomic mass is 79.9. The number of aromatic nitrogens is 2. The van der Waals surface area contributed by atoms with Gasteiger partial charge in [-0.1, -0.05) is 41.5 Å². The molecule has 3 N–H and O–H groups in total. The number of halogens is 1. The normalized spacial score (nSPS) is 28.2. The van der Waals surface area contributed by atoms with Crippen molar-refractivity contribution in [3.63, 3.8) is 0 Å². The number of nitrogens with two attached hydrogens (primary N) is 1. The van der Waals surface area contributed by atoms with E-state index in [-0.39, 0.29) is 26.9 Å². The predicted octanol–water partition coefficient (Wildman–Crippen LogP) is 3.51. The first-order valence-electron chi connectivity index (χ1n) is 12.4. The van der Waals surface area contributed by atoms with E-state index in [1.807, 2.05) is 33.9 Å². The van der Waals surface area contributed by atoms with E-state index in [1.165, 1.54) is 10.8 Å². The zero-order valence-corrected chi connectivity index (χ0v) is 28.1. The van der Waals surface area contributed by atoms with E-state index in [4.69, 9.17) is 23.5 Å². The van der Waals surface area contributed by atoms with E-state index in [1.54, 1.807) is 0 Å². The van der Waals surface area contributed by atoms with Crippen LogP contribution in [-0.2, 0) is 27.9 Å². The van der Waals surface area contributed by atoms with E-state index in [0.717, 1.165) is 5.41 Å². The summed E-state index contributed by atoms with van der Waals surface area (Å²) in [6, 6.07) is 0. The molecule has 11 nitrogen and oxygen atoms in total. The minimum Gasteiger partial charge on any atom is -0.414 e. The molecule has 1 aromatic rings. The van der Waals surface area contributed by atoms with E-state index < -0.39 is 62.0 Å². The van der Waals surface area contributed by atoms with E-state index >= 15 is 0 Å². The van der Waals surface area contributed by atoms with Gasteiger partial charge in [0.15, 0.2) is 28.5 Å². The Morgan fingerprint density at radius 1 is 1.11 bits per heavy atom. The number of nitrogens with zero attached hydrogens (tertiary/aromatic N) is 1. The quantitative estimate of drug-likeness (QED) is 0.347. The van der Waals surface area contributed by atoms with Crippen LogP contribution in [0.5, 0.6) is 0 Å². The molecule has 2 aliphatic heterocycles. The summed E-state index contributed by atoms with van der Waals surface area (Å²) in [6.45, 7) is 20.4. The van der Waals surface area contributed by atoms with E-state index in [2.05, 4.69) is 54.8 Å². The molecule has 0 aromatic carbocycles. The van der Waals surface area contributed by atoms with Gasteiger partial charge in [-0.25, -0.2) is 8.98 Å². The Kier molecular flexibility index (Phi) is 8.10. The van der Waals surface area contributed by atoms with Gasteiger partial charge >= 0.3 is 5.69 Å². The number of aromatic amines is 1. The summed E-state index contributed by atoms with van der Waals surface area (Å²) in [4.78, 5) is 27.3. The number of hydrogen-bond donors (Lipinski definition) is 2. The topological polar surface area (TPSA) is 152 Å². The highest BCUT2D eigenvalue weighted by Crippen LogP contribution is 2.52. The average Bonchev–Trinajstić information content (AvgIpc) is 3.14. The first-order chi connectivity index (χ1) is 17.0. The summed E-state index contributed by atoms with van der Waals surface area (Å²) < 4.78 is 52.2. The zero-order chi connectivity index (χ0) is 29.3. The molecule has 0 bridgehead atoms. The molecule has 0 amide bonds. The Labute approximate surface area is 234 Å². The number of hydrogen-bond acceptors (Lipinski definition) is 9. The number of H-pyrrole nitrogens is 1. The maximum Gasteiger partial charge on any atom is 0.330 e. The van der Waals surface area contributed by atoms with Crippen molar-refractivity contribution in [2.75, 3.05) is 6.61 Å². The molecule has 216 valence electrons. The van der Waals surface area contributed by atoms with Crippen LogP contribution in [0.1, 0.15) is 47.8 Å². The second-order valence-electron chi connectivity index (χ2n) is 13.0. The molecule has 2 unspecified atom stereocenters. The molecule has 1 aromatic heterocycles. The molecule has 3 heterocycles. The monoisotopic (exact) mass is 653 g/mol. The lowest BCUT2D eigenvalue weighted by Crippen LogP contribution is -2.59. The van der Waals surface area contributed by atoms with Crippen molar-refractivity contribution in [1.29, 1.82) is 0 Å². The van der Waals surface area contributed by atoms with Gasteiger partial charge in [-0.15, -0.1) is 0 Å². The smallest absolute Gasteiger partial charge is 0.330 e. The highest BCUT2D eigenvalue weighted by molar-refractivity contribution is 9.10. The predicted molar refractivity (Wildman–Crippen MR) is 153 cm³/mol. The number of ether oxygens (including phenoxy) is 1. The van der Waals surface area contributed by atoms with Crippen LogP contribution in [0.4, 0.5) is 0 Å². The van der Waals surface area contributed by atoms with Gasteiger partial charge < -0.3 is 19.3 Å². The van der Waals surface area contributed by atoms with Crippen molar-refractivity contribution in [3.8, 4) is 0 Å². The summed E-state index contributed by atoms with van der Waals surface area (Å²) in [7, 11) is -9.16. The SMILES string of the molecule is CC(C)(C)[Si](C)(C)OCC1O[C@@H](n2cc(Br)c(=O)[nH]c2=O)[C@H](O[Si](C)(C)C(C)(C)C)C12OS(=O)(=O)C=C2N. The molecule has 1 spiro atoms. The van der Waals surface area contributed by atoms with Gasteiger partial charge in [-0.3, -0.25) is 14.3 Å². The van der Waals surface area contributed by atoms with Crippen LogP contribution in [0.15, 0.2) is 31.4 Å². The van der Waals surface area contributed by atoms with Crippen molar-refractivity contribution in [2.45, 2.75) is 102 Å². The van der Waals surface area contributed by atoms with Crippen molar-refractivity contribution in [1.82, 2.24) is 9.55 Å². The summed E-state index contributed by atoms with van der Waals surface area (Å²) in [5.74, 6) is 0. The molecule has 15 heteroatoms. The fourth-order valence-electron chi connectivity index (χ4n) is 3.86. The molecule has 38 heavy (non-hydrogen) atoms. The maximum absolute atomic E-state index is 13.0. The molecule has 2 aliphatic rings. The van der Waals surface area contributed by atoms with Crippen molar-refractivity contribution < 1.29 is 26.2 Å². The highest BCUT2D eigenvalue weighted by Gasteiger charge is 2.67. The van der Waals surface area contributed by atoms with Crippen molar-refractivity contribution in [3.05, 3.63) is 42.6 Å². The molecule has 4 atom stereocenters. The lowest BCUT2D eigenvalue weighted by Gasteiger charge is -2.43. The van der Waals surface area contributed by atoms with Crippen LogP contribution < -0.4 is 17.0 Å². The lowest BCUT2D eigenvalue weighted by molar-refractivity contribution is -0.0563. The van der Waals surface area contributed by atoms with Gasteiger partial charge in [0.1, 0.15) is 12.2 Å². The fraction of sp³-hybridized carbons (Fsp3) is 0.739. The van der Waals surface area contributed by atoms with Gasteiger partial charge in [0.25, 0.3) is 15.7 Å². The number of nitrogens with one attached hydrogen (secondary N) is 1. The molecule has 3 rings (SSSR count). The van der Waals surface area contributed by atoms with Crippen LogP contribution in [0.3, 0.4) is 0 Å². The van der Waals surface area contributed by atoms with Crippen molar-refractivity contribution in [2.24, 2.45) is 5.73 Å².